The zero-order valence-electron chi connectivity index (χ0n) is 14.0. The quantitative estimate of drug-likeness (QED) is 0.741. The summed E-state index contributed by atoms with van der Waals surface area (Å²) < 4.78 is 10.9. The molecule has 0 aromatic heterocycles. The van der Waals surface area contributed by atoms with Crippen molar-refractivity contribution in [1.82, 2.24) is 0 Å². The minimum Gasteiger partial charge on any atom is -0.482 e. The zero-order valence-corrected chi connectivity index (χ0v) is 14.0. The normalized spacial score (nSPS) is 13.0. The highest BCUT2D eigenvalue weighted by Gasteiger charge is 2.18. The summed E-state index contributed by atoms with van der Waals surface area (Å²) >= 11 is 0. The zero-order chi connectivity index (χ0) is 15.9. The van der Waals surface area contributed by atoms with Gasteiger partial charge in [0.05, 0.1) is 0 Å². The molecule has 0 heterocycles. The molecule has 3 nitrogen and oxygen atoms in total. The molecule has 0 N–H and O–H groups in total. The number of hydrogen-bond donors (Lipinski definition) is 0. The predicted molar refractivity (Wildman–Crippen MR) is 92.5 cm³/mol. The van der Waals surface area contributed by atoms with Crippen molar-refractivity contribution < 1.29 is 14.3 Å². The van der Waals surface area contributed by atoms with Crippen LogP contribution in [-0.2, 0) is 22.4 Å². The van der Waals surface area contributed by atoms with Gasteiger partial charge in [0.1, 0.15) is 11.4 Å². The molecule has 1 aliphatic rings. The summed E-state index contributed by atoms with van der Waals surface area (Å²) in [7, 11) is 0. The Kier molecular flexibility index (Phi) is 8.84. The minimum absolute atomic E-state index is 0. The van der Waals surface area contributed by atoms with Crippen LogP contribution in [0.1, 0.15) is 66.0 Å². The molecule has 2 rings (SSSR count). The fourth-order valence-electron chi connectivity index (χ4n) is 2.39. The van der Waals surface area contributed by atoms with Gasteiger partial charge in [-0.15, -0.1) is 0 Å². The van der Waals surface area contributed by atoms with Gasteiger partial charge in [-0.1, -0.05) is 33.4 Å². The molecule has 0 saturated carbocycles. The fraction of sp³-hybridized carbons (Fsp3) is 0.632. The highest BCUT2D eigenvalue weighted by Crippen LogP contribution is 2.29. The van der Waals surface area contributed by atoms with Crippen molar-refractivity contribution in [2.24, 2.45) is 0 Å². The van der Waals surface area contributed by atoms with Crippen molar-refractivity contribution in [3.05, 3.63) is 29.3 Å². The Hall–Kier alpha value is -1.51. The van der Waals surface area contributed by atoms with Gasteiger partial charge in [-0.25, -0.2) is 4.79 Å². The standard InChI is InChI=1S/C16H22O3.C2H6.CH4/c1-16(2,3)19-15(17)11-18-14-10-6-8-12-7-4-5-9-13(12)14;1-2;/h6,8,10H,4-5,7,9,11H2,1-3H3;1-2H3;1H4. The molecular formula is C19H32O3. The van der Waals surface area contributed by atoms with Gasteiger partial charge >= 0.3 is 5.97 Å². The van der Waals surface area contributed by atoms with Crippen LogP contribution in [-0.4, -0.2) is 18.2 Å². The summed E-state index contributed by atoms with van der Waals surface area (Å²) in [5, 5.41) is 0. The molecule has 0 spiro atoms. The average molecular weight is 308 g/mol. The fourth-order valence-corrected chi connectivity index (χ4v) is 2.39. The van der Waals surface area contributed by atoms with Crippen molar-refractivity contribution in [2.45, 2.75) is 73.3 Å². The lowest BCUT2D eigenvalue weighted by Crippen LogP contribution is -2.27. The molecule has 0 aliphatic heterocycles. The summed E-state index contributed by atoms with van der Waals surface area (Å²) in [6.07, 6.45) is 4.58. The number of rotatable bonds is 3. The third-order valence-corrected chi connectivity index (χ3v) is 3.12. The first-order chi connectivity index (χ1) is 9.96. The van der Waals surface area contributed by atoms with Crippen LogP contribution in [0.15, 0.2) is 18.2 Å². The van der Waals surface area contributed by atoms with Crippen LogP contribution in [0.2, 0.25) is 0 Å². The summed E-state index contributed by atoms with van der Waals surface area (Å²) in [5.41, 5.74) is 2.15. The maximum atomic E-state index is 11.7. The number of fused-ring (bicyclic) bond motifs is 1. The van der Waals surface area contributed by atoms with E-state index in [1.165, 1.54) is 24.0 Å². The number of esters is 1. The van der Waals surface area contributed by atoms with E-state index in [9.17, 15) is 4.79 Å². The van der Waals surface area contributed by atoms with Crippen LogP contribution in [0.5, 0.6) is 5.75 Å². The van der Waals surface area contributed by atoms with E-state index in [0.29, 0.717) is 0 Å². The van der Waals surface area contributed by atoms with Crippen LogP contribution >= 0.6 is 0 Å². The molecule has 1 aliphatic carbocycles. The van der Waals surface area contributed by atoms with E-state index in [4.69, 9.17) is 9.47 Å². The second-order valence-electron chi connectivity index (χ2n) is 5.98. The summed E-state index contributed by atoms with van der Waals surface area (Å²) in [4.78, 5) is 11.7. The Balaban J connectivity index is 0.00000141. The van der Waals surface area contributed by atoms with Crippen molar-refractivity contribution in [2.75, 3.05) is 6.61 Å². The Labute approximate surface area is 136 Å². The molecule has 0 bridgehead atoms. The van der Waals surface area contributed by atoms with E-state index in [0.717, 1.165) is 18.6 Å². The van der Waals surface area contributed by atoms with E-state index >= 15 is 0 Å². The molecule has 22 heavy (non-hydrogen) atoms. The summed E-state index contributed by atoms with van der Waals surface area (Å²) in [6.45, 7) is 9.55. The lowest BCUT2D eigenvalue weighted by Gasteiger charge is -2.21. The van der Waals surface area contributed by atoms with Crippen LogP contribution in [0, 0.1) is 0 Å². The van der Waals surface area contributed by atoms with Gasteiger partial charge in [-0.3, -0.25) is 0 Å². The minimum atomic E-state index is -0.462. The van der Waals surface area contributed by atoms with Gasteiger partial charge < -0.3 is 9.47 Å². The Morgan fingerprint density at radius 1 is 1.14 bits per heavy atom. The highest BCUT2D eigenvalue weighted by molar-refractivity contribution is 5.71. The van der Waals surface area contributed by atoms with E-state index in [-0.39, 0.29) is 20.0 Å². The van der Waals surface area contributed by atoms with Crippen molar-refractivity contribution in [3.8, 4) is 5.75 Å². The van der Waals surface area contributed by atoms with Crippen LogP contribution in [0.3, 0.4) is 0 Å². The lowest BCUT2D eigenvalue weighted by molar-refractivity contribution is -0.157. The number of carbonyl (C=O) groups is 1. The van der Waals surface area contributed by atoms with Gasteiger partial charge in [0.15, 0.2) is 6.61 Å². The van der Waals surface area contributed by atoms with E-state index in [1.807, 2.05) is 46.8 Å². The maximum absolute atomic E-state index is 11.7. The SMILES string of the molecule is C.CC.CC(C)(C)OC(=O)COc1cccc2c1CCCC2. The van der Waals surface area contributed by atoms with Crippen LogP contribution in [0.25, 0.3) is 0 Å². The van der Waals surface area contributed by atoms with Gasteiger partial charge in [0, 0.05) is 0 Å². The number of benzene rings is 1. The number of ether oxygens (including phenoxy) is 2. The van der Waals surface area contributed by atoms with E-state index in [1.54, 1.807) is 0 Å². The first-order valence-corrected chi connectivity index (χ1v) is 7.91. The molecular weight excluding hydrogens is 276 g/mol. The average Bonchev–Trinajstić information content (AvgIpc) is 2.45. The second-order valence-corrected chi connectivity index (χ2v) is 5.98. The molecule has 3 heteroatoms. The summed E-state index contributed by atoms with van der Waals surface area (Å²) in [5.74, 6) is 0.518. The molecule has 0 saturated heterocycles. The number of carbonyl (C=O) groups excluding carboxylic acids is 1. The highest BCUT2D eigenvalue weighted by atomic mass is 16.6. The molecule has 0 amide bonds. The van der Waals surface area contributed by atoms with Gasteiger partial charge in [0.25, 0.3) is 0 Å². The Morgan fingerprint density at radius 2 is 1.77 bits per heavy atom. The lowest BCUT2D eigenvalue weighted by atomic mass is 9.91. The van der Waals surface area contributed by atoms with E-state index < -0.39 is 5.60 Å². The van der Waals surface area contributed by atoms with Gasteiger partial charge in [0.2, 0.25) is 0 Å². The smallest absolute Gasteiger partial charge is 0.344 e. The van der Waals surface area contributed by atoms with Crippen molar-refractivity contribution in [3.63, 3.8) is 0 Å². The van der Waals surface area contributed by atoms with E-state index in [2.05, 4.69) is 6.07 Å². The molecule has 126 valence electrons. The third-order valence-electron chi connectivity index (χ3n) is 3.12. The van der Waals surface area contributed by atoms with Crippen LogP contribution < -0.4 is 4.74 Å². The van der Waals surface area contributed by atoms with Crippen molar-refractivity contribution >= 4 is 5.97 Å². The first kappa shape index (κ1) is 20.5. The molecule has 1 aromatic rings. The Bertz CT molecular complexity index is 458. The molecule has 0 fully saturated rings. The topological polar surface area (TPSA) is 35.5 Å². The second kappa shape index (κ2) is 9.50. The van der Waals surface area contributed by atoms with Gasteiger partial charge in [-0.05, 0) is 63.6 Å². The van der Waals surface area contributed by atoms with Gasteiger partial charge in [-0.2, -0.15) is 0 Å². The monoisotopic (exact) mass is 308 g/mol. The predicted octanol–water partition coefficient (Wildman–Crippen LogP) is 4.95. The molecule has 1 aromatic carbocycles. The summed E-state index contributed by atoms with van der Waals surface area (Å²) in [6, 6.07) is 6.08. The molecule has 0 atom stereocenters. The maximum Gasteiger partial charge on any atom is 0.344 e. The van der Waals surface area contributed by atoms with Crippen molar-refractivity contribution in [1.29, 1.82) is 0 Å². The number of aryl methyl sites for hydroxylation is 1. The first-order valence-electron chi connectivity index (χ1n) is 7.91. The third kappa shape index (κ3) is 6.50. The van der Waals surface area contributed by atoms with Crippen LogP contribution in [0.4, 0.5) is 0 Å². The largest absolute Gasteiger partial charge is 0.482 e. The Morgan fingerprint density at radius 3 is 2.41 bits per heavy atom. The molecule has 0 unspecified atom stereocenters. The molecule has 0 radical (unpaired) electrons. The number of hydrogen-bond acceptors (Lipinski definition) is 3.